The van der Waals surface area contributed by atoms with Crippen LogP contribution in [-0.2, 0) is 11.2 Å². The van der Waals surface area contributed by atoms with Crippen LogP contribution in [0.3, 0.4) is 0 Å². The van der Waals surface area contributed by atoms with E-state index >= 15 is 0 Å². The maximum Gasteiger partial charge on any atom is 0.226 e. The van der Waals surface area contributed by atoms with Gasteiger partial charge in [0.2, 0.25) is 5.91 Å². The molecule has 4 heterocycles. The Labute approximate surface area is 159 Å². The maximum atomic E-state index is 13.2. The van der Waals surface area contributed by atoms with Gasteiger partial charge in [-0.15, -0.1) is 0 Å². The molecule has 142 valence electrons. The number of anilines is 1. The Bertz CT molecular complexity index is 810. The molecule has 27 heavy (non-hydrogen) atoms. The van der Waals surface area contributed by atoms with E-state index < -0.39 is 0 Å². The van der Waals surface area contributed by atoms with Crippen molar-refractivity contribution >= 4 is 11.7 Å². The van der Waals surface area contributed by atoms with Gasteiger partial charge in [0, 0.05) is 37.9 Å². The molecule has 0 unspecified atom stereocenters. The molecule has 6 heteroatoms. The number of pyridine rings is 2. The number of fused-ring (bicyclic) bond motifs is 1. The number of aromatic nitrogens is 2. The number of hydrogen-bond acceptors (Lipinski definition) is 4. The first-order valence-electron chi connectivity index (χ1n) is 9.67. The minimum absolute atomic E-state index is 0.0856. The second-order valence-corrected chi connectivity index (χ2v) is 7.66. The average Bonchev–Trinajstić information content (AvgIpc) is 2.98. The van der Waals surface area contributed by atoms with Crippen molar-refractivity contribution in [2.75, 3.05) is 24.5 Å². The van der Waals surface area contributed by atoms with Gasteiger partial charge < -0.3 is 9.80 Å². The van der Waals surface area contributed by atoms with E-state index in [1.807, 2.05) is 13.1 Å². The van der Waals surface area contributed by atoms with Crippen LogP contribution in [0.2, 0.25) is 0 Å². The highest BCUT2D eigenvalue weighted by atomic mass is 19.1. The quantitative estimate of drug-likeness (QED) is 0.814. The van der Waals surface area contributed by atoms with Crippen molar-refractivity contribution in [3.05, 3.63) is 53.7 Å². The number of amides is 1. The summed E-state index contributed by atoms with van der Waals surface area (Å²) in [5.41, 5.74) is 2.05. The lowest BCUT2D eigenvalue weighted by Crippen LogP contribution is -2.51. The first kappa shape index (κ1) is 17.9. The van der Waals surface area contributed by atoms with Crippen LogP contribution in [0, 0.1) is 18.7 Å². The van der Waals surface area contributed by atoms with Crippen molar-refractivity contribution in [3.8, 4) is 0 Å². The molecule has 2 aromatic heterocycles. The molecule has 0 aromatic carbocycles. The molecule has 2 atom stereocenters. The zero-order valence-corrected chi connectivity index (χ0v) is 15.6. The van der Waals surface area contributed by atoms with E-state index in [9.17, 15) is 9.18 Å². The van der Waals surface area contributed by atoms with Gasteiger partial charge in [0.25, 0.3) is 0 Å². The molecule has 2 saturated heterocycles. The molecular weight excluding hydrogens is 343 g/mol. The minimum Gasteiger partial charge on any atom is -0.353 e. The Kier molecular flexibility index (Phi) is 5.05. The molecule has 0 spiro atoms. The highest BCUT2D eigenvalue weighted by molar-refractivity contribution is 5.82. The summed E-state index contributed by atoms with van der Waals surface area (Å²) in [5.74, 6) is 1.07. The SMILES string of the molecule is Cc1ccc(N2CCN3C(=O)[C@@H](CCCc4cncc(F)c4)C[C@H]3C2)nc1. The van der Waals surface area contributed by atoms with Crippen LogP contribution in [0.4, 0.5) is 10.2 Å². The summed E-state index contributed by atoms with van der Waals surface area (Å²) < 4.78 is 13.2. The number of aryl methyl sites for hydroxylation is 2. The molecule has 0 saturated carbocycles. The summed E-state index contributed by atoms with van der Waals surface area (Å²) in [6.07, 6.45) is 8.22. The van der Waals surface area contributed by atoms with E-state index in [-0.39, 0.29) is 23.7 Å². The molecule has 2 aliphatic rings. The van der Waals surface area contributed by atoms with Crippen LogP contribution < -0.4 is 4.90 Å². The second-order valence-electron chi connectivity index (χ2n) is 7.66. The monoisotopic (exact) mass is 368 g/mol. The second kappa shape index (κ2) is 7.62. The Balaban J connectivity index is 1.32. The van der Waals surface area contributed by atoms with Gasteiger partial charge in [0.1, 0.15) is 11.6 Å². The van der Waals surface area contributed by atoms with Crippen LogP contribution in [0.25, 0.3) is 0 Å². The van der Waals surface area contributed by atoms with E-state index in [1.54, 1.807) is 6.20 Å². The minimum atomic E-state index is -0.300. The Morgan fingerprint density at radius 1 is 1.22 bits per heavy atom. The molecule has 0 N–H and O–H groups in total. The zero-order valence-electron chi connectivity index (χ0n) is 15.6. The first-order chi connectivity index (χ1) is 13.1. The average molecular weight is 368 g/mol. The van der Waals surface area contributed by atoms with Crippen molar-refractivity contribution in [1.29, 1.82) is 0 Å². The van der Waals surface area contributed by atoms with Gasteiger partial charge in [0.05, 0.1) is 12.2 Å². The number of piperazine rings is 1. The number of carbonyl (C=O) groups excluding carboxylic acids is 1. The van der Waals surface area contributed by atoms with Crippen molar-refractivity contribution in [3.63, 3.8) is 0 Å². The number of hydrogen-bond donors (Lipinski definition) is 0. The van der Waals surface area contributed by atoms with Crippen molar-refractivity contribution < 1.29 is 9.18 Å². The van der Waals surface area contributed by atoms with Gasteiger partial charge in [-0.1, -0.05) is 6.07 Å². The third-order valence-electron chi connectivity index (χ3n) is 5.67. The molecule has 0 aliphatic carbocycles. The predicted octanol–water partition coefficient (Wildman–Crippen LogP) is 2.98. The van der Waals surface area contributed by atoms with E-state index in [2.05, 4.69) is 31.9 Å². The number of halogens is 1. The van der Waals surface area contributed by atoms with Crippen LogP contribution in [0.15, 0.2) is 36.8 Å². The lowest BCUT2D eigenvalue weighted by molar-refractivity contribution is -0.132. The van der Waals surface area contributed by atoms with Crippen molar-refractivity contribution in [2.24, 2.45) is 5.92 Å². The van der Waals surface area contributed by atoms with Crippen molar-refractivity contribution in [1.82, 2.24) is 14.9 Å². The third kappa shape index (κ3) is 3.94. The Morgan fingerprint density at radius 3 is 2.89 bits per heavy atom. The molecule has 2 aromatic rings. The maximum absolute atomic E-state index is 13.2. The molecule has 2 fully saturated rings. The normalized spacial score (nSPS) is 22.2. The van der Waals surface area contributed by atoms with E-state index in [0.29, 0.717) is 0 Å². The Morgan fingerprint density at radius 2 is 2.11 bits per heavy atom. The zero-order chi connectivity index (χ0) is 18.8. The topological polar surface area (TPSA) is 49.3 Å². The fourth-order valence-electron chi connectivity index (χ4n) is 4.25. The third-order valence-corrected chi connectivity index (χ3v) is 5.67. The van der Waals surface area contributed by atoms with Crippen LogP contribution in [0.1, 0.15) is 30.4 Å². The van der Waals surface area contributed by atoms with E-state index in [0.717, 1.165) is 62.3 Å². The summed E-state index contributed by atoms with van der Waals surface area (Å²) in [6.45, 7) is 4.49. The lowest BCUT2D eigenvalue weighted by Gasteiger charge is -2.38. The fourth-order valence-corrected chi connectivity index (χ4v) is 4.25. The summed E-state index contributed by atoms with van der Waals surface area (Å²) in [4.78, 5) is 25.5. The number of rotatable bonds is 5. The van der Waals surface area contributed by atoms with Crippen LogP contribution >= 0.6 is 0 Å². The van der Waals surface area contributed by atoms with Gasteiger partial charge in [0.15, 0.2) is 0 Å². The summed E-state index contributed by atoms with van der Waals surface area (Å²) in [6, 6.07) is 5.94. The first-order valence-corrected chi connectivity index (χ1v) is 9.67. The fraction of sp³-hybridized carbons (Fsp3) is 0.476. The predicted molar refractivity (Wildman–Crippen MR) is 102 cm³/mol. The molecule has 0 radical (unpaired) electrons. The van der Waals surface area contributed by atoms with E-state index in [4.69, 9.17) is 0 Å². The van der Waals surface area contributed by atoms with Gasteiger partial charge >= 0.3 is 0 Å². The number of carbonyl (C=O) groups is 1. The summed E-state index contributed by atoms with van der Waals surface area (Å²) in [5, 5.41) is 0. The van der Waals surface area contributed by atoms with Gasteiger partial charge in [-0.25, -0.2) is 9.37 Å². The highest BCUT2D eigenvalue weighted by Crippen LogP contribution is 2.32. The van der Waals surface area contributed by atoms with E-state index in [1.165, 1.54) is 12.3 Å². The van der Waals surface area contributed by atoms with Crippen LogP contribution in [-0.4, -0.2) is 46.5 Å². The molecule has 4 rings (SSSR count). The Hall–Kier alpha value is -2.50. The molecule has 0 bridgehead atoms. The molecule has 5 nitrogen and oxygen atoms in total. The highest BCUT2D eigenvalue weighted by Gasteiger charge is 2.41. The largest absolute Gasteiger partial charge is 0.353 e. The standard InChI is InChI=1S/C21H25FN4O/c1-15-5-6-20(24-11-15)25-7-8-26-19(14-25)10-17(21(26)27)4-2-3-16-9-18(22)13-23-12-16/h5-6,9,11-13,17,19H,2-4,7-8,10,14H2,1H3/t17-,19-/m0/s1. The van der Waals surface area contributed by atoms with Gasteiger partial charge in [-0.2, -0.15) is 0 Å². The van der Waals surface area contributed by atoms with Gasteiger partial charge in [-0.3, -0.25) is 9.78 Å². The smallest absolute Gasteiger partial charge is 0.226 e. The van der Waals surface area contributed by atoms with Crippen molar-refractivity contribution in [2.45, 2.75) is 38.6 Å². The van der Waals surface area contributed by atoms with Gasteiger partial charge in [-0.05, 0) is 55.9 Å². The summed E-state index contributed by atoms with van der Waals surface area (Å²) in [7, 11) is 0. The molecule has 1 amide bonds. The van der Waals surface area contributed by atoms with Crippen LogP contribution in [0.5, 0.6) is 0 Å². The number of nitrogens with zero attached hydrogens (tertiary/aromatic N) is 4. The molecular formula is C21H25FN4O. The molecule has 2 aliphatic heterocycles. The summed E-state index contributed by atoms with van der Waals surface area (Å²) >= 11 is 0. The lowest BCUT2D eigenvalue weighted by atomic mass is 9.96.